The van der Waals surface area contributed by atoms with Gasteiger partial charge in [0.15, 0.2) is 0 Å². The minimum Gasteiger partial charge on any atom is -0.466 e. The van der Waals surface area contributed by atoms with E-state index < -0.39 is 0 Å². The van der Waals surface area contributed by atoms with Crippen LogP contribution < -0.4 is 4.74 Å². The van der Waals surface area contributed by atoms with Crippen molar-refractivity contribution in [2.24, 2.45) is 0 Å². The second kappa shape index (κ2) is 11.9. The summed E-state index contributed by atoms with van der Waals surface area (Å²) in [5, 5.41) is 0. The largest absolute Gasteiger partial charge is 0.466 e. The molecule has 0 radical (unpaired) electrons. The molecule has 27 heavy (non-hydrogen) atoms. The number of hydrogen-bond acceptors (Lipinski definition) is 4. The summed E-state index contributed by atoms with van der Waals surface area (Å²) in [7, 11) is 0. The molecule has 144 valence electrons. The standard InChI is InChI=1S/C23H28O4/c1-2-3-11-18-26-22(24)16-9-10-17-23(25)27-21-15-8-7-14-20(21)19-12-5-4-6-13-19/h4-8,12-15H,2-3,9-11,16-18H2,1H3. The van der Waals surface area contributed by atoms with Gasteiger partial charge in [-0.15, -0.1) is 0 Å². The van der Waals surface area contributed by atoms with Crippen LogP contribution in [0.25, 0.3) is 11.1 Å². The van der Waals surface area contributed by atoms with Gasteiger partial charge in [-0.2, -0.15) is 0 Å². The van der Waals surface area contributed by atoms with Gasteiger partial charge >= 0.3 is 11.9 Å². The number of rotatable bonds is 11. The van der Waals surface area contributed by atoms with Crippen molar-refractivity contribution in [1.29, 1.82) is 0 Å². The second-order valence-electron chi connectivity index (χ2n) is 6.47. The van der Waals surface area contributed by atoms with Crippen LogP contribution in [0.1, 0.15) is 51.9 Å². The first-order valence-electron chi connectivity index (χ1n) is 9.71. The highest BCUT2D eigenvalue weighted by atomic mass is 16.5. The number of hydrogen-bond donors (Lipinski definition) is 0. The molecule has 0 aliphatic carbocycles. The first kappa shape index (κ1) is 20.7. The molecule has 0 spiro atoms. The van der Waals surface area contributed by atoms with Crippen molar-refractivity contribution in [3.8, 4) is 16.9 Å². The Labute approximate surface area is 161 Å². The van der Waals surface area contributed by atoms with Gasteiger partial charge in [-0.1, -0.05) is 68.3 Å². The number of esters is 2. The number of benzene rings is 2. The minimum atomic E-state index is -0.283. The summed E-state index contributed by atoms with van der Waals surface area (Å²) in [5.74, 6) is 0.0904. The lowest BCUT2D eigenvalue weighted by atomic mass is 10.0. The average molecular weight is 368 g/mol. The van der Waals surface area contributed by atoms with Crippen LogP contribution in [0.4, 0.5) is 0 Å². The van der Waals surface area contributed by atoms with E-state index in [0.717, 1.165) is 30.4 Å². The van der Waals surface area contributed by atoms with Gasteiger partial charge in [0.25, 0.3) is 0 Å². The molecular weight excluding hydrogens is 340 g/mol. The van der Waals surface area contributed by atoms with Gasteiger partial charge in [-0.3, -0.25) is 9.59 Å². The summed E-state index contributed by atoms with van der Waals surface area (Å²) >= 11 is 0. The van der Waals surface area contributed by atoms with Gasteiger partial charge in [0.2, 0.25) is 0 Å². The van der Waals surface area contributed by atoms with Crippen molar-refractivity contribution in [1.82, 2.24) is 0 Å². The molecule has 0 heterocycles. The fourth-order valence-corrected chi connectivity index (χ4v) is 2.73. The van der Waals surface area contributed by atoms with E-state index in [0.29, 0.717) is 31.6 Å². The fourth-order valence-electron chi connectivity index (χ4n) is 2.73. The minimum absolute atomic E-state index is 0.186. The zero-order valence-electron chi connectivity index (χ0n) is 16.0. The summed E-state index contributed by atoms with van der Waals surface area (Å²) < 4.78 is 10.7. The lowest BCUT2D eigenvalue weighted by Crippen LogP contribution is -2.09. The maximum absolute atomic E-state index is 12.1. The summed E-state index contributed by atoms with van der Waals surface area (Å²) in [6.07, 6.45) is 4.96. The Balaban J connectivity index is 1.73. The Hall–Kier alpha value is -2.62. The molecular formula is C23H28O4. The van der Waals surface area contributed by atoms with Crippen molar-refractivity contribution in [2.75, 3.05) is 6.61 Å². The number of carbonyl (C=O) groups is 2. The van der Waals surface area contributed by atoms with Crippen molar-refractivity contribution in [3.63, 3.8) is 0 Å². The molecule has 0 amide bonds. The van der Waals surface area contributed by atoms with Crippen molar-refractivity contribution in [2.45, 2.75) is 51.9 Å². The van der Waals surface area contributed by atoms with Crippen molar-refractivity contribution in [3.05, 3.63) is 54.6 Å². The molecule has 2 aromatic carbocycles. The van der Waals surface area contributed by atoms with Crippen LogP contribution in [0.2, 0.25) is 0 Å². The van der Waals surface area contributed by atoms with Crippen molar-refractivity contribution >= 4 is 11.9 Å². The summed E-state index contributed by atoms with van der Waals surface area (Å²) in [6, 6.07) is 17.3. The molecule has 0 aliphatic heterocycles. The zero-order valence-corrected chi connectivity index (χ0v) is 16.0. The SMILES string of the molecule is CCCCCOC(=O)CCCCC(=O)Oc1ccccc1-c1ccccc1. The number of carbonyl (C=O) groups excluding carboxylic acids is 2. The Bertz CT molecular complexity index is 709. The van der Waals surface area contributed by atoms with Gasteiger partial charge in [0.05, 0.1) is 6.61 Å². The molecule has 0 unspecified atom stereocenters. The third-order valence-electron chi connectivity index (χ3n) is 4.22. The third-order valence-corrected chi connectivity index (χ3v) is 4.22. The Morgan fingerprint density at radius 3 is 2.19 bits per heavy atom. The molecule has 0 aliphatic rings. The second-order valence-corrected chi connectivity index (χ2v) is 6.47. The normalized spacial score (nSPS) is 10.4. The van der Waals surface area contributed by atoms with Gasteiger partial charge < -0.3 is 9.47 Å². The van der Waals surface area contributed by atoms with E-state index in [-0.39, 0.29) is 18.4 Å². The van der Waals surface area contributed by atoms with Crippen LogP contribution in [0.5, 0.6) is 5.75 Å². The predicted molar refractivity (Wildman–Crippen MR) is 106 cm³/mol. The maximum Gasteiger partial charge on any atom is 0.311 e. The Morgan fingerprint density at radius 1 is 0.778 bits per heavy atom. The fraction of sp³-hybridized carbons (Fsp3) is 0.391. The van der Waals surface area contributed by atoms with Crippen LogP contribution in [-0.4, -0.2) is 18.5 Å². The van der Waals surface area contributed by atoms with Crippen LogP contribution in [0.3, 0.4) is 0 Å². The first-order valence-corrected chi connectivity index (χ1v) is 9.71. The molecule has 0 saturated heterocycles. The highest BCUT2D eigenvalue weighted by molar-refractivity contribution is 5.78. The molecule has 4 heteroatoms. The first-order chi connectivity index (χ1) is 13.2. The molecule has 0 atom stereocenters. The van der Waals surface area contributed by atoms with Crippen LogP contribution >= 0.6 is 0 Å². The van der Waals surface area contributed by atoms with Gasteiger partial charge in [-0.05, 0) is 30.9 Å². The molecule has 0 N–H and O–H groups in total. The summed E-state index contributed by atoms with van der Waals surface area (Å²) in [6.45, 7) is 2.60. The predicted octanol–water partition coefficient (Wildman–Crippen LogP) is 5.55. The molecule has 0 fully saturated rings. The van der Waals surface area contributed by atoms with E-state index in [2.05, 4.69) is 6.92 Å². The molecule has 2 rings (SSSR count). The number of unbranched alkanes of at least 4 members (excludes halogenated alkanes) is 3. The molecule has 0 bridgehead atoms. The molecule has 0 aromatic heterocycles. The van der Waals surface area contributed by atoms with Gasteiger partial charge in [-0.25, -0.2) is 0 Å². The van der Waals surface area contributed by atoms with Crippen molar-refractivity contribution < 1.29 is 19.1 Å². The number of ether oxygens (including phenoxy) is 2. The van der Waals surface area contributed by atoms with Crippen LogP contribution in [-0.2, 0) is 14.3 Å². The average Bonchev–Trinajstić information content (AvgIpc) is 2.70. The molecule has 2 aromatic rings. The monoisotopic (exact) mass is 368 g/mol. The summed E-state index contributed by atoms with van der Waals surface area (Å²) in [5.41, 5.74) is 1.90. The lowest BCUT2D eigenvalue weighted by Gasteiger charge is -2.10. The van der Waals surface area contributed by atoms with Crippen LogP contribution in [0, 0.1) is 0 Å². The molecule has 0 saturated carbocycles. The topological polar surface area (TPSA) is 52.6 Å². The highest BCUT2D eigenvalue weighted by Crippen LogP contribution is 2.29. The van der Waals surface area contributed by atoms with Crippen LogP contribution in [0.15, 0.2) is 54.6 Å². The van der Waals surface area contributed by atoms with E-state index in [1.165, 1.54) is 0 Å². The third kappa shape index (κ3) is 7.65. The highest BCUT2D eigenvalue weighted by Gasteiger charge is 2.11. The van der Waals surface area contributed by atoms with Gasteiger partial charge in [0.1, 0.15) is 5.75 Å². The summed E-state index contributed by atoms with van der Waals surface area (Å²) in [4.78, 5) is 23.8. The maximum atomic E-state index is 12.1. The van der Waals surface area contributed by atoms with E-state index in [1.54, 1.807) is 6.07 Å². The Morgan fingerprint density at radius 2 is 1.44 bits per heavy atom. The van der Waals surface area contributed by atoms with E-state index in [9.17, 15) is 9.59 Å². The van der Waals surface area contributed by atoms with E-state index in [1.807, 2.05) is 48.5 Å². The Kier molecular flexibility index (Phi) is 9.11. The quantitative estimate of drug-likeness (QED) is 0.296. The van der Waals surface area contributed by atoms with E-state index >= 15 is 0 Å². The lowest BCUT2D eigenvalue weighted by molar-refractivity contribution is -0.144. The molecule has 4 nitrogen and oxygen atoms in total. The number of para-hydroxylation sites is 1. The van der Waals surface area contributed by atoms with E-state index in [4.69, 9.17) is 9.47 Å². The zero-order chi connectivity index (χ0) is 19.3. The van der Waals surface area contributed by atoms with Gasteiger partial charge in [0, 0.05) is 18.4 Å². The smallest absolute Gasteiger partial charge is 0.311 e.